The number of para-hydroxylation sites is 2. The summed E-state index contributed by atoms with van der Waals surface area (Å²) >= 11 is 0. The van der Waals surface area contributed by atoms with Crippen molar-refractivity contribution < 1.29 is 9.59 Å². The van der Waals surface area contributed by atoms with Crippen LogP contribution in [-0.2, 0) is 4.79 Å². The molecule has 0 aromatic heterocycles. The summed E-state index contributed by atoms with van der Waals surface area (Å²) in [6.45, 7) is 5.17. The summed E-state index contributed by atoms with van der Waals surface area (Å²) in [5.74, 6) is -0.177. The Morgan fingerprint density at radius 2 is 1.59 bits per heavy atom. The van der Waals surface area contributed by atoms with Crippen molar-refractivity contribution in [1.29, 1.82) is 0 Å². The van der Waals surface area contributed by atoms with Gasteiger partial charge in [-0.05, 0) is 26.0 Å². The molecule has 0 atom stereocenters. The third kappa shape index (κ3) is 4.55. The van der Waals surface area contributed by atoms with E-state index in [0.717, 1.165) is 0 Å². The van der Waals surface area contributed by atoms with E-state index in [1.807, 2.05) is 13.8 Å². The van der Waals surface area contributed by atoms with E-state index in [2.05, 4.69) is 16.0 Å². The molecule has 1 aromatic carbocycles. The average Bonchev–Trinajstić information content (AvgIpc) is 2.18. The fraction of sp³-hybridized carbons (Fsp3) is 0.333. The Kier molecular flexibility index (Phi) is 4.51. The molecule has 3 N–H and O–H groups in total. The summed E-state index contributed by atoms with van der Waals surface area (Å²) in [6.07, 6.45) is 0. The second-order valence-electron chi connectivity index (χ2n) is 3.98. The molecular weight excluding hydrogens is 218 g/mol. The van der Waals surface area contributed by atoms with Gasteiger partial charge in [0.1, 0.15) is 0 Å². The van der Waals surface area contributed by atoms with Crippen molar-refractivity contribution in [1.82, 2.24) is 5.32 Å². The number of carbonyl (C=O) groups excluding carboxylic acids is 2. The molecule has 1 aromatic rings. The second-order valence-corrected chi connectivity index (χ2v) is 3.98. The van der Waals surface area contributed by atoms with Crippen molar-refractivity contribution >= 4 is 23.3 Å². The van der Waals surface area contributed by atoms with Crippen LogP contribution in [0.1, 0.15) is 20.8 Å². The molecule has 92 valence electrons. The van der Waals surface area contributed by atoms with Crippen LogP contribution in [0.15, 0.2) is 24.3 Å². The predicted molar refractivity (Wildman–Crippen MR) is 68.0 cm³/mol. The summed E-state index contributed by atoms with van der Waals surface area (Å²) in [5.41, 5.74) is 1.15. The van der Waals surface area contributed by atoms with Crippen LogP contribution in [0, 0.1) is 0 Å². The lowest BCUT2D eigenvalue weighted by Crippen LogP contribution is -2.34. The number of urea groups is 1. The Morgan fingerprint density at radius 3 is 2.06 bits per heavy atom. The van der Waals surface area contributed by atoms with Gasteiger partial charge in [0.2, 0.25) is 5.91 Å². The smallest absolute Gasteiger partial charge is 0.319 e. The van der Waals surface area contributed by atoms with Gasteiger partial charge in [-0.15, -0.1) is 0 Å². The Labute approximate surface area is 101 Å². The first-order chi connectivity index (χ1) is 7.99. The predicted octanol–water partition coefficient (Wildman–Crippen LogP) is 2.17. The first kappa shape index (κ1) is 13.0. The topological polar surface area (TPSA) is 70.2 Å². The van der Waals surface area contributed by atoms with Crippen molar-refractivity contribution in [2.45, 2.75) is 26.8 Å². The van der Waals surface area contributed by atoms with Crippen molar-refractivity contribution in [3.63, 3.8) is 0 Å². The Hall–Kier alpha value is -2.04. The first-order valence-corrected chi connectivity index (χ1v) is 5.43. The van der Waals surface area contributed by atoms with Crippen LogP contribution in [-0.4, -0.2) is 18.0 Å². The van der Waals surface area contributed by atoms with E-state index in [0.29, 0.717) is 11.4 Å². The molecule has 0 aliphatic carbocycles. The number of hydrogen-bond acceptors (Lipinski definition) is 2. The molecule has 0 saturated heterocycles. The molecule has 3 amide bonds. The van der Waals surface area contributed by atoms with Crippen molar-refractivity contribution in [3.8, 4) is 0 Å². The highest BCUT2D eigenvalue weighted by Crippen LogP contribution is 2.20. The van der Waals surface area contributed by atoms with Gasteiger partial charge >= 0.3 is 6.03 Å². The quantitative estimate of drug-likeness (QED) is 0.751. The number of rotatable bonds is 3. The number of benzene rings is 1. The van der Waals surface area contributed by atoms with Gasteiger partial charge < -0.3 is 16.0 Å². The zero-order chi connectivity index (χ0) is 12.8. The molecule has 5 heteroatoms. The summed E-state index contributed by atoms with van der Waals surface area (Å²) in [4.78, 5) is 22.5. The van der Waals surface area contributed by atoms with Crippen LogP contribution in [0.4, 0.5) is 16.2 Å². The zero-order valence-corrected chi connectivity index (χ0v) is 10.2. The van der Waals surface area contributed by atoms with Gasteiger partial charge in [-0.1, -0.05) is 12.1 Å². The normalized spacial score (nSPS) is 9.88. The van der Waals surface area contributed by atoms with Crippen molar-refractivity contribution in [2.24, 2.45) is 0 Å². The summed E-state index contributed by atoms with van der Waals surface area (Å²) in [7, 11) is 0. The molecule has 17 heavy (non-hydrogen) atoms. The molecule has 0 aliphatic heterocycles. The summed E-state index contributed by atoms with van der Waals surface area (Å²) in [5, 5.41) is 8.04. The standard InChI is InChI=1S/C12H17N3O2/c1-8(2)13-12(17)15-11-7-5-4-6-10(11)14-9(3)16/h4-8H,1-3H3,(H,14,16)(H2,13,15,17). The molecule has 0 unspecified atom stereocenters. The highest BCUT2D eigenvalue weighted by Gasteiger charge is 2.07. The number of hydrogen-bond donors (Lipinski definition) is 3. The van der Waals surface area contributed by atoms with Gasteiger partial charge in [0.05, 0.1) is 11.4 Å². The first-order valence-electron chi connectivity index (χ1n) is 5.43. The number of anilines is 2. The van der Waals surface area contributed by atoms with Crippen LogP contribution in [0.3, 0.4) is 0 Å². The monoisotopic (exact) mass is 235 g/mol. The molecule has 0 bridgehead atoms. The lowest BCUT2D eigenvalue weighted by Gasteiger charge is -2.13. The maximum atomic E-state index is 11.5. The van der Waals surface area contributed by atoms with Crippen LogP contribution < -0.4 is 16.0 Å². The third-order valence-electron chi connectivity index (χ3n) is 1.91. The highest BCUT2D eigenvalue weighted by atomic mass is 16.2. The second kappa shape index (κ2) is 5.89. The van der Waals surface area contributed by atoms with Gasteiger partial charge in [0, 0.05) is 13.0 Å². The van der Waals surface area contributed by atoms with Crippen LogP contribution in [0.25, 0.3) is 0 Å². The Morgan fingerprint density at radius 1 is 1.06 bits per heavy atom. The molecule has 0 saturated carbocycles. The van der Waals surface area contributed by atoms with Gasteiger partial charge in [-0.3, -0.25) is 4.79 Å². The zero-order valence-electron chi connectivity index (χ0n) is 10.2. The minimum absolute atomic E-state index is 0.0583. The van der Waals surface area contributed by atoms with Crippen molar-refractivity contribution in [2.75, 3.05) is 10.6 Å². The molecule has 5 nitrogen and oxygen atoms in total. The SMILES string of the molecule is CC(=O)Nc1ccccc1NC(=O)NC(C)C. The minimum atomic E-state index is -0.294. The molecule has 0 spiro atoms. The van der Waals surface area contributed by atoms with Gasteiger partial charge in [0.15, 0.2) is 0 Å². The van der Waals surface area contributed by atoms with E-state index < -0.39 is 0 Å². The van der Waals surface area contributed by atoms with Gasteiger partial charge in [-0.2, -0.15) is 0 Å². The van der Waals surface area contributed by atoms with E-state index in [-0.39, 0.29) is 18.0 Å². The van der Waals surface area contributed by atoms with E-state index in [9.17, 15) is 9.59 Å². The Balaban J connectivity index is 2.76. The molecule has 1 rings (SSSR count). The van der Waals surface area contributed by atoms with E-state index in [1.165, 1.54) is 6.92 Å². The number of nitrogens with one attached hydrogen (secondary N) is 3. The fourth-order valence-corrected chi connectivity index (χ4v) is 1.31. The van der Waals surface area contributed by atoms with Crippen LogP contribution >= 0.6 is 0 Å². The number of amides is 3. The van der Waals surface area contributed by atoms with Gasteiger partial charge in [0.25, 0.3) is 0 Å². The van der Waals surface area contributed by atoms with Crippen LogP contribution in [0.2, 0.25) is 0 Å². The summed E-state index contributed by atoms with van der Waals surface area (Å²) in [6, 6.07) is 6.80. The largest absolute Gasteiger partial charge is 0.336 e. The van der Waals surface area contributed by atoms with Crippen molar-refractivity contribution in [3.05, 3.63) is 24.3 Å². The maximum Gasteiger partial charge on any atom is 0.319 e. The summed E-state index contributed by atoms with van der Waals surface area (Å²) < 4.78 is 0. The minimum Gasteiger partial charge on any atom is -0.336 e. The van der Waals surface area contributed by atoms with Gasteiger partial charge in [-0.25, -0.2) is 4.79 Å². The molecule has 0 heterocycles. The van der Waals surface area contributed by atoms with E-state index in [4.69, 9.17) is 0 Å². The molecular formula is C12H17N3O2. The molecule has 0 radical (unpaired) electrons. The van der Waals surface area contributed by atoms with E-state index >= 15 is 0 Å². The maximum absolute atomic E-state index is 11.5. The molecule has 0 fully saturated rings. The lowest BCUT2D eigenvalue weighted by atomic mass is 10.2. The number of carbonyl (C=O) groups is 2. The molecule has 0 aliphatic rings. The van der Waals surface area contributed by atoms with Crippen LogP contribution in [0.5, 0.6) is 0 Å². The Bertz CT molecular complexity index is 416. The fourth-order valence-electron chi connectivity index (χ4n) is 1.31. The lowest BCUT2D eigenvalue weighted by molar-refractivity contribution is -0.114. The highest BCUT2D eigenvalue weighted by molar-refractivity contribution is 5.98. The third-order valence-corrected chi connectivity index (χ3v) is 1.91. The average molecular weight is 235 g/mol. The van der Waals surface area contributed by atoms with E-state index in [1.54, 1.807) is 24.3 Å².